The van der Waals surface area contributed by atoms with Gasteiger partial charge in [-0.1, -0.05) is 24.3 Å². The van der Waals surface area contributed by atoms with Crippen molar-refractivity contribution < 1.29 is 4.79 Å². The van der Waals surface area contributed by atoms with Crippen LogP contribution in [0.15, 0.2) is 47.7 Å². The first-order valence-electron chi connectivity index (χ1n) is 7.38. The molecule has 0 atom stereocenters. The normalized spacial score (nSPS) is 16.4. The molecule has 22 heavy (non-hydrogen) atoms. The standard InChI is InChI=1S/C17H16N4O/c1-12-4-2-3-5-13(12)11-21-15-6-7-18-10-14(15)16(22)20-9-8-19-17(20)21/h2-7,10H,8-9,11H2,1H3. The van der Waals surface area contributed by atoms with Crippen LogP contribution in [-0.2, 0) is 6.54 Å². The molecular weight excluding hydrogens is 276 g/mol. The molecule has 2 aliphatic rings. The van der Waals surface area contributed by atoms with Crippen LogP contribution in [0, 0.1) is 6.92 Å². The minimum Gasteiger partial charge on any atom is -0.307 e. The van der Waals surface area contributed by atoms with Gasteiger partial charge in [0.15, 0.2) is 0 Å². The first-order valence-corrected chi connectivity index (χ1v) is 7.38. The number of anilines is 1. The molecule has 4 rings (SSSR count). The maximum atomic E-state index is 12.5. The molecule has 110 valence electrons. The molecule has 1 aromatic carbocycles. The molecule has 0 radical (unpaired) electrons. The van der Waals surface area contributed by atoms with Gasteiger partial charge in [0.05, 0.1) is 24.3 Å². The molecule has 5 heteroatoms. The van der Waals surface area contributed by atoms with E-state index in [9.17, 15) is 4.79 Å². The number of nitrogens with zero attached hydrogens (tertiary/aromatic N) is 4. The predicted molar refractivity (Wildman–Crippen MR) is 84.9 cm³/mol. The van der Waals surface area contributed by atoms with Crippen LogP contribution in [0.1, 0.15) is 21.5 Å². The molecule has 2 aromatic rings. The van der Waals surface area contributed by atoms with Gasteiger partial charge in [0.25, 0.3) is 5.91 Å². The van der Waals surface area contributed by atoms with Gasteiger partial charge in [0.2, 0.25) is 5.96 Å². The number of carbonyl (C=O) groups is 1. The Morgan fingerprint density at radius 1 is 1.23 bits per heavy atom. The lowest BCUT2D eigenvalue weighted by molar-refractivity contribution is 0.0851. The number of pyridine rings is 1. The van der Waals surface area contributed by atoms with Crippen LogP contribution in [0.2, 0.25) is 0 Å². The first-order chi connectivity index (χ1) is 10.8. The number of fused-ring (bicyclic) bond motifs is 2. The third-order valence-corrected chi connectivity index (χ3v) is 4.21. The lowest BCUT2D eigenvalue weighted by atomic mass is 10.1. The van der Waals surface area contributed by atoms with Crippen molar-refractivity contribution in [2.75, 3.05) is 18.0 Å². The molecule has 0 aliphatic carbocycles. The summed E-state index contributed by atoms with van der Waals surface area (Å²) in [6.07, 6.45) is 3.37. The van der Waals surface area contributed by atoms with Crippen LogP contribution < -0.4 is 4.90 Å². The summed E-state index contributed by atoms with van der Waals surface area (Å²) in [5.41, 5.74) is 4.01. The van der Waals surface area contributed by atoms with Gasteiger partial charge in [-0.25, -0.2) is 0 Å². The van der Waals surface area contributed by atoms with Crippen LogP contribution in [0.5, 0.6) is 0 Å². The topological polar surface area (TPSA) is 48.8 Å². The van der Waals surface area contributed by atoms with Crippen LogP contribution in [0.4, 0.5) is 5.69 Å². The van der Waals surface area contributed by atoms with E-state index < -0.39 is 0 Å². The van der Waals surface area contributed by atoms with Gasteiger partial charge in [-0.3, -0.25) is 19.7 Å². The summed E-state index contributed by atoms with van der Waals surface area (Å²) < 4.78 is 0. The number of carbonyl (C=O) groups excluding carboxylic acids is 1. The van der Waals surface area contributed by atoms with Crippen molar-refractivity contribution >= 4 is 17.6 Å². The third-order valence-electron chi connectivity index (χ3n) is 4.21. The Hall–Kier alpha value is -2.69. The van der Waals surface area contributed by atoms with Gasteiger partial charge in [0, 0.05) is 18.9 Å². The lowest BCUT2D eigenvalue weighted by Gasteiger charge is -2.36. The average molecular weight is 292 g/mol. The molecular formula is C17H16N4O. The molecule has 0 unspecified atom stereocenters. The number of guanidine groups is 1. The van der Waals surface area contributed by atoms with E-state index in [-0.39, 0.29) is 5.91 Å². The summed E-state index contributed by atoms with van der Waals surface area (Å²) >= 11 is 0. The quantitative estimate of drug-likeness (QED) is 0.853. The Labute approximate surface area is 128 Å². The molecule has 5 nitrogen and oxygen atoms in total. The predicted octanol–water partition coefficient (Wildman–Crippen LogP) is 2.22. The lowest BCUT2D eigenvalue weighted by Crippen LogP contribution is -2.49. The minimum absolute atomic E-state index is 0.000355. The SMILES string of the molecule is Cc1ccccc1CN1C2=NCCN2C(=O)c2cnccc21. The largest absolute Gasteiger partial charge is 0.307 e. The number of amides is 1. The van der Waals surface area contributed by atoms with Crippen LogP contribution in [0.25, 0.3) is 0 Å². The number of aryl methyl sites for hydroxylation is 1. The van der Waals surface area contributed by atoms with Crippen LogP contribution >= 0.6 is 0 Å². The van der Waals surface area contributed by atoms with Crippen molar-refractivity contribution in [3.63, 3.8) is 0 Å². The Morgan fingerprint density at radius 3 is 2.95 bits per heavy atom. The summed E-state index contributed by atoms with van der Waals surface area (Å²) in [6, 6.07) is 10.2. The maximum Gasteiger partial charge on any atom is 0.264 e. The van der Waals surface area contributed by atoms with E-state index in [4.69, 9.17) is 0 Å². The van der Waals surface area contributed by atoms with Gasteiger partial charge in [-0.15, -0.1) is 0 Å². The van der Waals surface area contributed by atoms with E-state index >= 15 is 0 Å². The Balaban J connectivity index is 1.81. The van der Waals surface area contributed by atoms with Crippen molar-refractivity contribution in [1.29, 1.82) is 0 Å². The second-order valence-electron chi connectivity index (χ2n) is 5.54. The molecule has 1 aromatic heterocycles. The van der Waals surface area contributed by atoms with Crippen LogP contribution in [0.3, 0.4) is 0 Å². The van der Waals surface area contributed by atoms with Gasteiger partial charge in [-0.05, 0) is 24.1 Å². The number of hydrogen-bond acceptors (Lipinski definition) is 4. The Bertz CT molecular complexity index is 784. The highest BCUT2D eigenvalue weighted by Gasteiger charge is 2.37. The average Bonchev–Trinajstić information content (AvgIpc) is 3.03. The van der Waals surface area contributed by atoms with E-state index in [1.54, 1.807) is 17.3 Å². The van der Waals surface area contributed by atoms with Crippen molar-refractivity contribution in [1.82, 2.24) is 9.88 Å². The highest BCUT2D eigenvalue weighted by Crippen LogP contribution is 2.31. The minimum atomic E-state index is 0.000355. The summed E-state index contributed by atoms with van der Waals surface area (Å²) in [5.74, 6) is 0.757. The Morgan fingerprint density at radius 2 is 2.09 bits per heavy atom. The third kappa shape index (κ3) is 1.89. The zero-order valence-electron chi connectivity index (χ0n) is 12.4. The summed E-state index contributed by atoms with van der Waals surface area (Å²) in [5, 5.41) is 0. The number of benzene rings is 1. The maximum absolute atomic E-state index is 12.5. The van der Waals surface area contributed by atoms with Gasteiger partial charge in [0.1, 0.15) is 0 Å². The molecule has 0 saturated heterocycles. The second kappa shape index (κ2) is 4.94. The van der Waals surface area contributed by atoms with Gasteiger partial charge in [-0.2, -0.15) is 0 Å². The van der Waals surface area contributed by atoms with Crippen LogP contribution in [-0.4, -0.2) is 34.8 Å². The van der Waals surface area contributed by atoms with E-state index in [0.29, 0.717) is 25.2 Å². The fourth-order valence-corrected chi connectivity index (χ4v) is 3.01. The molecule has 0 N–H and O–H groups in total. The summed E-state index contributed by atoms with van der Waals surface area (Å²) in [7, 11) is 0. The smallest absolute Gasteiger partial charge is 0.264 e. The van der Waals surface area contributed by atoms with Gasteiger partial charge < -0.3 is 4.90 Å². The monoisotopic (exact) mass is 292 g/mol. The molecule has 3 heterocycles. The van der Waals surface area contributed by atoms with Crippen molar-refractivity contribution in [2.45, 2.75) is 13.5 Å². The Kier molecular flexibility index (Phi) is 2.92. The highest BCUT2D eigenvalue weighted by molar-refractivity contribution is 6.19. The highest BCUT2D eigenvalue weighted by atomic mass is 16.2. The molecule has 0 spiro atoms. The fourth-order valence-electron chi connectivity index (χ4n) is 3.01. The fraction of sp³-hybridized carbons (Fsp3) is 0.235. The van der Waals surface area contributed by atoms with E-state index in [1.807, 2.05) is 18.2 Å². The first kappa shape index (κ1) is 13.0. The second-order valence-corrected chi connectivity index (χ2v) is 5.54. The number of aliphatic imine (C=N–C) groups is 1. The molecule has 0 fully saturated rings. The molecule has 1 amide bonds. The van der Waals surface area contributed by atoms with E-state index in [2.05, 4.69) is 33.9 Å². The van der Waals surface area contributed by atoms with Gasteiger partial charge >= 0.3 is 0 Å². The summed E-state index contributed by atoms with van der Waals surface area (Å²) in [4.78, 5) is 25.1. The molecule has 0 bridgehead atoms. The number of rotatable bonds is 2. The number of aromatic nitrogens is 1. The van der Waals surface area contributed by atoms with Crippen molar-refractivity contribution in [2.24, 2.45) is 4.99 Å². The molecule has 0 saturated carbocycles. The summed E-state index contributed by atoms with van der Waals surface area (Å²) in [6.45, 7) is 4.11. The van der Waals surface area contributed by atoms with Crippen molar-refractivity contribution in [3.8, 4) is 0 Å². The molecule has 2 aliphatic heterocycles. The zero-order chi connectivity index (χ0) is 15.1. The zero-order valence-corrected chi connectivity index (χ0v) is 12.4. The van der Waals surface area contributed by atoms with E-state index in [1.165, 1.54) is 11.1 Å². The van der Waals surface area contributed by atoms with Crippen molar-refractivity contribution in [3.05, 3.63) is 59.4 Å². The van der Waals surface area contributed by atoms with E-state index in [0.717, 1.165) is 11.6 Å². The number of hydrogen-bond donors (Lipinski definition) is 0.